The second-order valence-electron chi connectivity index (χ2n) is 6.67. The van der Waals surface area contributed by atoms with Crippen LogP contribution in [0.15, 0.2) is 59.5 Å². The number of hydrogen-bond acceptors (Lipinski definition) is 4. The summed E-state index contributed by atoms with van der Waals surface area (Å²) in [6.07, 6.45) is 1.57. The summed E-state index contributed by atoms with van der Waals surface area (Å²) in [5, 5.41) is 8.27. The van der Waals surface area contributed by atoms with Crippen molar-refractivity contribution in [2.75, 3.05) is 5.32 Å². The van der Waals surface area contributed by atoms with E-state index in [4.69, 9.17) is 23.2 Å². The highest BCUT2D eigenvalue weighted by atomic mass is 35.5. The summed E-state index contributed by atoms with van der Waals surface area (Å²) in [6, 6.07) is 14.3. The van der Waals surface area contributed by atoms with E-state index < -0.39 is 0 Å². The Morgan fingerprint density at radius 2 is 1.90 bits per heavy atom. The zero-order chi connectivity index (χ0) is 21.3. The van der Waals surface area contributed by atoms with Gasteiger partial charge in [-0.05, 0) is 37.3 Å². The molecule has 9 heteroatoms. The molecule has 1 N–H and O–H groups in total. The Balaban J connectivity index is 1.57. The van der Waals surface area contributed by atoms with Crippen LogP contribution in [0.25, 0.3) is 16.7 Å². The number of nitrogens with one attached hydrogen (secondary N) is 1. The van der Waals surface area contributed by atoms with Gasteiger partial charge in [-0.3, -0.25) is 14.2 Å². The summed E-state index contributed by atoms with van der Waals surface area (Å²) in [4.78, 5) is 29.9. The second kappa shape index (κ2) is 8.30. The molecule has 30 heavy (non-hydrogen) atoms. The zero-order valence-electron chi connectivity index (χ0n) is 16.0. The molecule has 2 aromatic carbocycles. The minimum absolute atomic E-state index is 0.0730. The van der Waals surface area contributed by atoms with Gasteiger partial charge in [0.2, 0.25) is 5.91 Å². The van der Waals surface area contributed by atoms with Gasteiger partial charge < -0.3 is 5.32 Å². The molecule has 0 fully saturated rings. The molecule has 1 amide bonds. The molecule has 152 valence electrons. The highest BCUT2D eigenvalue weighted by Crippen LogP contribution is 2.25. The van der Waals surface area contributed by atoms with E-state index in [1.54, 1.807) is 29.8 Å². The normalized spacial score (nSPS) is 11.0. The summed E-state index contributed by atoms with van der Waals surface area (Å²) in [6.45, 7) is 1.91. The Labute approximate surface area is 181 Å². The van der Waals surface area contributed by atoms with Gasteiger partial charge in [0.1, 0.15) is 11.2 Å². The molecule has 0 unspecified atom stereocenters. The fourth-order valence-corrected chi connectivity index (χ4v) is 3.48. The molecule has 0 bridgehead atoms. The quantitative estimate of drug-likeness (QED) is 0.502. The van der Waals surface area contributed by atoms with Gasteiger partial charge in [0, 0.05) is 18.0 Å². The number of para-hydroxylation sites is 1. The number of benzene rings is 2. The maximum Gasteiger partial charge on any atom is 0.264 e. The lowest BCUT2D eigenvalue weighted by molar-refractivity contribution is -0.116. The van der Waals surface area contributed by atoms with Crippen molar-refractivity contribution in [1.82, 2.24) is 19.3 Å². The molecule has 0 spiro atoms. The van der Waals surface area contributed by atoms with Crippen molar-refractivity contribution in [3.05, 3.63) is 81.0 Å². The first kappa shape index (κ1) is 20.1. The molecular formula is C21H17Cl2N5O2. The predicted molar refractivity (Wildman–Crippen MR) is 118 cm³/mol. The smallest absolute Gasteiger partial charge is 0.264 e. The first-order valence-corrected chi connectivity index (χ1v) is 9.95. The van der Waals surface area contributed by atoms with Crippen LogP contribution in [0.5, 0.6) is 0 Å². The average molecular weight is 442 g/mol. The van der Waals surface area contributed by atoms with Crippen molar-refractivity contribution < 1.29 is 4.79 Å². The largest absolute Gasteiger partial charge is 0.325 e. The van der Waals surface area contributed by atoms with Crippen LogP contribution in [0.3, 0.4) is 0 Å². The van der Waals surface area contributed by atoms with E-state index in [-0.39, 0.29) is 24.4 Å². The standard InChI is InChI=1S/C21H17Cl2N5O2/c1-13-25-20-16(12-24-28(20)15-5-3-2-4-6-15)21(30)27(13)10-9-19(29)26-18-11-14(22)7-8-17(18)23/h2-8,11-12H,9-10H2,1H3,(H,26,29). The molecule has 0 saturated heterocycles. The molecule has 0 atom stereocenters. The second-order valence-corrected chi connectivity index (χ2v) is 7.51. The molecule has 2 heterocycles. The lowest BCUT2D eigenvalue weighted by Gasteiger charge is -2.11. The van der Waals surface area contributed by atoms with Crippen molar-refractivity contribution in [2.45, 2.75) is 19.9 Å². The third-order valence-electron chi connectivity index (χ3n) is 4.64. The number of rotatable bonds is 5. The fourth-order valence-electron chi connectivity index (χ4n) is 3.15. The Kier molecular flexibility index (Phi) is 5.57. The SMILES string of the molecule is Cc1nc2c(cnn2-c2ccccc2)c(=O)n1CCC(=O)Nc1cc(Cl)ccc1Cl. The summed E-state index contributed by atoms with van der Waals surface area (Å²) in [5.41, 5.74) is 1.48. The molecule has 4 rings (SSSR count). The summed E-state index contributed by atoms with van der Waals surface area (Å²) in [7, 11) is 0. The molecule has 0 radical (unpaired) electrons. The van der Waals surface area contributed by atoms with Crippen LogP contribution in [-0.4, -0.2) is 25.2 Å². The van der Waals surface area contributed by atoms with E-state index in [1.165, 1.54) is 10.8 Å². The van der Waals surface area contributed by atoms with Gasteiger partial charge in [-0.1, -0.05) is 41.4 Å². The number of anilines is 1. The van der Waals surface area contributed by atoms with Gasteiger partial charge in [0.05, 0.1) is 22.6 Å². The van der Waals surface area contributed by atoms with Crippen LogP contribution in [0.4, 0.5) is 5.69 Å². The third-order valence-corrected chi connectivity index (χ3v) is 5.21. The summed E-state index contributed by atoms with van der Waals surface area (Å²) >= 11 is 12.0. The molecule has 4 aromatic rings. The monoisotopic (exact) mass is 441 g/mol. The minimum atomic E-state index is -0.287. The highest BCUT2D eigenvalue weighted by molar-refractivity contribution is 6.35. The minimum Gasteiger partial charge on any atom is -0.325 e. The Morgan fingerprint density at radius 3 is 2.67 bits per heavy atom. The summed E-state index contributed by atoms with van der Waals surface area (Å²) in [5.74, 6) is 0.212. The van der Waals surface area contributed by atoms with Gasteiger partial charge in [-0.25, -0.2) is 9.67 Å². The number of nitrogens with zero attached hydrogens (tertiary/aromatic N) is 4. The van der Waals surface area contributed by atoms with Crippen LogP contribution in [0.2, 0.25) is 10.0 Å². The van der Waals surface area contributed by atoms with E-state index in [9.17, 15) is 9.59 Å². The van der Waals surface area contributed by atoms with Crippen molar-refractivity contribution >= 4 is 45.8 Å². The highest BCUT2D eigenvalue weighted by Gasteiger charge is 2.15. The maximum atomic E-state index is 13.0. The number of aromatic nitrogens is 4. The Bertz CT molecular complexity index is 1300. The van der Waals surface area contributed by atoms with Gasteiger partial charge in [0.15, 0.2) is 5.65 Å². The zero-order valence-corrected chi connectivity index (χ0v) is 17.5. The van der Waals surface area contributed by atoms with E-state index in [0.29, 0.717) is 32.6 Å². The molecule has 0 aliphatic carbocycles. The number of carbonyl (C=O) groups excluding carboxylic acids is 1. The van der Waals surface area contributed by atoms with Crippen LogP contribution in [0, 0.1) is 6.92 Å². The average Bonchev–Trinajstić information content (AvgIpc) is 3.15. The predicted octanol–water partition coefficient (Wildman–Crippen LogP) is 4.23. The number of halogens is 2. The van der Waals surface area contributed by atoms with Gasteiger partial charge in [-0.2, -0.15) is 5.10 Å². The Hall–Kier alpha value is -3.16. The first-order valence-electron chi connectivity index (χ1n) is 9.19. The number of amides is 1. The van der Waals surface area contributed by atoms with Crippen molar-refractivity contribution in [3.8, 4) is 5.69 Å². The van der Waals surface area contributed by atoms with Crippen molar-refractivity contribution in [1.29, 1.82) is 0 Å². The van der Waals surface area contributed by atoms with E-state index >= 15 is 0 Å². The number of aryl methyl sites for hydroxylation is 1. The maximum absolute atomic E-state index is 13.0. The lowest BCUT2D eigenvalue weighted by Crippen LogP contribution is -2.26. The van der Waals surface area contributed by atoms with Gasteiger partial charge >= 0.3 is 0 Å². The Morgan fingerprint density at radius 1 is 1.13 bits per heavy atom. The molecule has 7 nitrogen and oxygen atoms in total. The molecule has 0 aliphatic heterocycles. The van der Waals surface area contributed by atoms with Gasteiger partial charge in [0.25, 0.3) is 5.56 Å². The summed E-state index contributed by atoms with van der Waals surface area (Å²) < 4.78 is 3.10. The fraction of sp³-hybridized carbons (Fsp3) is 0.143. The number of fused-ring (bicyclic) bond motifs is 1. The first-order chi connectivity index (χ1) is 14.4. The van der Waals surface area contributed by atoms with Crippen LogP contribution >= 0.6 is 23.2 Å². The molecule has 0 saturated carbocycles. The number of carbonyl (C=O) groups is 1. The topological polar surface area (TPSA) is 81.8 Å². The molecule has 2 aromatic heterocycles. The van der Waals surface area contributed by atoms with Crippen LogP contribution < -0.4 is 10.9 Å². The van der Waals surface area contributed by atoms with Crippen molar-refractivity contribution in [2.24, 2.45) is 0 Å². The van der Waals surface area contributed by atoms with Crippen molar-refractivity contribution in [3.63, 3.8) is 0 Å². The van der Waals surface area contributed by atoms with E-state index in [0.717, 1.165) is 5.69 Å². The number of hydrogen-bond donors (Lipinski definition) is 1. The van der Waals surface area contributed by atoms with Crippen LogP contribution in [0.1, 0.15) is 12.2 Å². The molecular weight excluding hydrogens is 425 g/mol. The van der Waals surface area contributed by atoms with Gasteiger partial charge in [-0.15, -0.1) is 0 Å². The van der Waals surface area contributed by atoms with E-state index in [1.807, 2.05) is 30.3 Å². The lowest BCUT2D eigenvalue weighted by atomic mass is 10.3. The van der Waals surface area contributed by atoms with E-state index in [2.05, 4.69) is 15.4 Å². The third kappa shape index (κ3) is 3.94. The molecule has 0 aliphatic rings. The van der Waals surface area contributed by atoms with Crippen LogP contribution in [-0.2, 0) is 11.3 Å².